The van der Waals surface area contributed by atoms with E-state index in [2.05, 4.69) is 6.92 Å². The average Bonchev–Trinajstić information content (AvgIpc) is 2.53. The lowest BCUT2D eigenvalue weighted by molar-refractivity contribution is 0.185. The molecule has 0 aliphatic heterocycles. The van der Waals surface area contributed by atoms with E-state index in [0.29, 0.717) is 12.5 Å². The molecule has 1 heteroatoms. The summed E-state index contributed by atoms with van der Waals surface area (Å²) in [5.74, 6) is 3.45. The summed E-state index contributed by atoms with van der Waals surface area (Å²) >= 11 is 0. The monoisotopic (exact) mass is 154 g/mol. The first-order valence-corrected chi connectivity index (χ1v) is 4.93. The van der Waals surface area contributed by atoms with Crippen LogP contribution in [0.2, 0.25) is 0 Å². The summed E-state index contributed by atoms with van der Waals surface area (Å²) in [6, 6.07) is 0. The van der Waals surface area contributed by atoms with Gasteiger partial charge in [0.1, 0.15) is 0 Å². The molecule has 0 bridgehead atoms. The fourth-order valence-electron chi connectivity index (χ4n) is 3.24. The molecule has 11 heavy (non-hydrogen) atoms. The molecular weight excluding hydrogens is 136 g/mol. The summed E-state index contributed by atoms with van der Waals surface area (Å²) in [4.78, 5) is 0. The van der Waals surface area contributed by atoms with Crippen molar-refractivity contribution in [3.8, 4) is 0 Å². The molecule has 2 fully saturated rings. The van der Waals surface area contributed by atoms with Gasteiger partial charge in [-0.2, -0.15) is 0 Å². The zero-order valence-electron chi connectivity index (χ0n) is 7.29. The van der Waals surface area contributed by atoms with Gasteiger partial charge in [-0.25, -0.2) is 0 Å². The lowest BCUT2D eigenvalue weighted by atomic mass is 9.90. The Kier molecular flexibility index (Phi) is 1.92. The van der Waals surface area contributed by atoms with Gasteiger partial charge in [0.2, 0.25) is 0 Å². The average molecular weight is 154 g/mol. The Balaban J connectivity index is 2.04. The first-order valence-electron chi connectivity index (χ1n) is 4.93. The Hall–Kier alpha value is -0.0400. The Morgan fingerprint density at radius 2 is 1.82 bits per heavy atom. The second-order valence-electron chi connectivity index (χ2n) is 4.40. The Morgan fingerprint density at radius 1 is 1.09 bits per heavy atom. The molecular formula is C10H18O. The molecule has 0 spiro atoms. The number of rotatable bonds is 1. The van der Waals surface area contributed by atoms with Crippen LogP contribution in [0.1, 0.15) is 32.6 Å². The zero-order chi connectivity index (χ0) is 7.84. The van der Waals surface area contributed by atoms with Gasteiger partial charge in [0.05, 0.1) is 0 Å². The minimum Gasteiger partial charge on any atom is -0.396 e. The van der Waals surface area contributed by atoms with Crippen LogP contribution in [0.15, 0.2) is 0 Å². The molecule has 4 unspecified atom stereocenters. The van der Waals surface area contributed by atoms with Crippen molar-refractivity contribution in [3.63, 3.8) is 0 Å². The summed E-state index contributed by atoms with van der Waals surface area (Å²) in [6.45, 7) is 2.82. The molecule has 2 aliphatic carbocycles. The molecule has 1 N–H and O–H groups in total. The molecule has 2 aliphatic rings. The fraction of sp³-hybridized carbons (Fsp3) is 1.00. The molecule has 4 atom stereocenters. The van der Waals surface area contributed by atoms with Gasteiger partial charge in [-0.05, 0) is 42.9 Å². The summed E-state index contributed by atoms with van der Waals surface area (Å²) < 4.78 is 0. The van der Waals surface area contributed by atoms with Crippen LogP contribution < -0.4 is 0 Å². The summed E-state index contributed by atoms with van der Waals surface area (Å²) in [5, 5.41) is 9.10. The largest absolute Gasteiger partial charge is 0.396 e. The molecule has 0 radical (unpaired) electrons. The molecule has 64 valence electrons. The van der Waals surface area contributed by atoms with Crippen LogP contribution in [-0.4, -0.2) is 11.7 Å². The molecule has 2 saturated carbocycles. The van der Waals surface area contributed by atoms with Gasteiger partial charge >= 0.3 is 0 Å². The minimum atomic E-state index is 0.438. The molecule has 0 aromatic heterocycles. The number of hydrogen-bond donors (Lipinski definition) is 1. The maximum absolute atomic E-state index is 9.10. The second-order valence-corrected chi connectivity index (χ2v) is 4.40. The Labute approximate surface area is 68.8 Å². The van der Waals surface area contributed by atoms with E-state index in [4.69, 9.17) is 5.11 Å². The van der Waals surface area contributed by atoms with Crippen LogP contribution in [0, 0.1) is 23.7 Å². The van der Waals surface area contributed by atoms with E-state index >= 15 is 0 Å². The maximum atomic E-state index is 9.10. The van der Waals surface area contributed by atoms with Crippen LogP contribution in [-0.2, 0) is 0 Å². The second kappa shape index (κ2) is 2.78. The zero-order valence-corrected chi connectivity index (χ0v) is 7.29. The highest BCUT2D eigenvalue weighted by molar-refractivity contribution is 4.91. The van der Waals surface area contributed by atoms with Gasteiger partial charge in [0, 0.05) is 6.61 Å². The van der Waals surface area contributed by atoms with Crippen molar-refractivity contribution in [1.82, 2.24) is 0 Å². The van der Waals surface area contributed by atoms with Crippen molar-refractivity contribution in [3.05, 3.63) is 0 Å². The number of hydrogen-bond acceptors (Lipinski definition) is 1. The van der Waals surface area contributed by atoms with E-state index in [1.165, 1.54) is 25.7 Å². The standard InChI is InChI=1S/C10H18O/c1-7-2-4-10-8(6-11)3-5-9(7)10/h7-11H,2-6H2,1H3. The maximum Gasteiger partial charge on any atom is 0.0462 e. The van der Waals surface area contributed by atoms with E-state index < -0.39 is 0 Å². The number of aliphatic hydroxyl groups excluding tert-OH is 1. The van der Waals surface area contributed by atoms with Crippen LogP contribution in [0.4, 0.5) is 0 Å². The third-order valence-electron chi connectivity index (χ3n) is 3.95. The van der Waals surface area contributed by atoms with Crippen molar-refractivity contribution < 1.29 is 5.11 Å². The normalized spacial score (nSPS) is 49.6. The van der Waals surface area contributed by atoms with Crippen molar-refractivity contribution in [2.45, 2.75) is 32.6 Å². The number of aliphatic hydroxyl groups is 1. The molecule has 0 heterocycles. The molecule has 0 aromatic rings. The van der Waals surface area contributed by atoms with Crippen LogP contribution in [0.5, 0.6) is 0 Å². The van der Waals surface area contributed by atoms with Crippen LogP contribution in [0.3, 0.4) is 0 Å². The van der Waals surface area contributed by atoms with Gasteiger partial charge in [-0.15, -0.1) is 0 Å². The van der Waals surface area contributed by atoms with Gasteiger partial charge < -0.3 is 5.11 Å². The molecule has 0 amide bonds. The molecule has 0 aromatic carbocycles. The first-order chi connectivity index (χ1) is 5.33. The highest BCUT2D eigenvalue weighted by Gasteiger charge is 2.42. The molecule has 1 nitrogen and oxygen atoms in total. The van der Waals surface area contributed by atoms with Gasteiger partial charge in [-0.1, -0.05) is 13.3 Å². The van der Waals surface area contributed by atoms with Gasteiger partial charge in [-0.3, -0.25) is 0 Å². The lowest BCUT2D eigenvalue weighted by Gasteiger charge is -2.16. The quantitative estimate of drug-likeness (QED) is 0.613. The van der Waals surface area contributed by atoms with Crippen molar-refractivity contribution in [2.24, 2.45) is 23.7 Å². The lowest BCUT2D eigenvalue weighted by Crippen LogP contribution is -2.14. The van der Waals surface area contributed by atoms with E-state index in [9.17, 15) is 0 Å². The summed E-state index contributed by atoms with van der Waals surface area (Å²) in [5.41, 5.74) is 0. The summed E-state index contributed by atoms with van der Waals surface area (Å²) in [6.07, 6.45) is 5.47. The minimum absolute atomic E-state index is 0.438. The van der Waals surface area contributed by atoms with E-state index in [0.717, 1.165) is 17.8 Å². The molecule has 0 saturated heterocycles. The smallest absolute Gasteiger partial charge is 0.0462 e. The van der Waals surface area contributed by atoms with E-state index in [1.807, 2.05) is 0 Å². The summed E-state index contributed by atoms with van der Waals surface area (Å²) in [7, 11) is 0. The third-order valence-corrected chi connectivity index (χ3v) is 3.95. The predicted molar refractivity (Wildman–Crippen MR) is 45.2 cm³/mol. The highest BCUT2D eigenvalue weighted by atomic mass is 16.3. The topological polar surface area (TPSA) is 20.2 Å². The third kappa shape index (κ3) is 1.10. The first kappa shape index (κ1) is 7.60. The van der Waals surface area contributed by atoms with Gasteiger partial charge in [0.25, 0.3) is 0 Å². The molecule has 2 rings (SSSR count). The van der Waals surface area contributed by atoms with Gasteiger partial charge in [0.15, 0.2) is 0 Å². The van der Waals surface area contributed by atoms with Crippen LogP contribution >= 0.6 is 0 Å². The van der Waals surface area contributed by atoms with Crippen LogP contribution in [0.25, 0.3) is 0 Å². The van der Waals surface area contributed by atoms with Crippen molar-refractivity contribution >= 4 is 0 Å². The SMILES string of the molecule is CC1CCC2C(CO)CCC12. The number of fused-ring (bicyclic) bond motifs is 1. The Bertz CT molecular complexity index is 144. The fourth-order valence-corrected chi connectivity index (χ4v) is 3.24. The van der Waals surface area contributed by atoms with Crippen molar-refractivity contribution in [2.75, 3.05) is 6.61 Å². The predicted octanol–water partition coefficient (Wildman–Crippen LogP) is 2.05. The van der Waals surface area contributed by atoms with Crippen molar-refractivity contribution in [1.29, 1.82) is 0 Å². The Morgan fingerprint density at radius 3 is 2.55 bits per heavy atom. The highest BCUT2D eigenvalue weighted by Crippen LogP contribution is 2.50. The van der Waals surface area contributed by atoms with E-state index in [1.54, 1.807) is 0 Å². The van der Waals surface area contributed by atoms with E-state index in [-0.39, 0.29) is 0 Å².